The van der Waals surface area contributed by atoms with Crippen LogP contribution in [0, 0.1) is 0 Å². The van der Waals surface area contributed by atoms with Crippen molar-refractivity contribution in [1.29, 1.82) is 0 Å². The van der Waals surface area contributed by atoms with Crippen LogP contribution in [0.1, 0.15) is 23.6 Å². The minimum Gasteiger partial charge on any atom is -0.497 e. The van der Waals surface area contributed by atoms with Crippen LogP contribution in [0.25, 0.3) is 0 Å². The molecule has 0 spiro atoms. The predicted octanol–water partition coefficient (Wildman–Crippen LogP) is 2.97. The highest BCUT2D eigenvalue weighted by atomic mass is 32.1. The molecule has 5 nitrogen and oxygen atoms in total. The Bertz CT molecular complexity index is 718. The van der Waals surface area contributed by atoms with Crippen molar-refractivity contribution in [2.45, 2.75) is 12.5 Å². The van der Waals surface area contributed by atoms with Crippen LogP contribution in [0.3, 0.4) is 0 Å². The lowest BCUT2D eigenvalue weighted by molar-refractivity contribution is 0.0376. The fraction of sp³-hybridized carbons (Fsp3) is 0.409. The number of hydrogen-bond acceptors (Lipinski definition) is 4. The second-order valence-corrected chi connectivity index (χ2v) is 7.23. The van der Waals surface area contributed by atoms with E-state index in [1.807, 2.05) is 30.3 Å². The molecule has 0 bridgehead atoms. The second-order valence-electron chi connectivity index (χ2n) is 6.82. The van der Waals surface area contributed by atoms with Crippen LogP contribution in [0.15, 0.2) is 54.6 Å². The SMILES string of the molecule is COc1ccc([C@H](NC(=S)NCCCN2CCOCC2)c2ccccc2)cc1. The van der Waals surface area contributed by atoms with Gasteiger partial charge in [0.25, 0.3) is 0 Å². The molecular formula is C22H29N3O2S. The molecule has 0 radical (unpaired) electrons. The Morgan fingerprint density at radius 1 is 1.07 bits per heavy atom. The first-order chi connectivity index (χ1) is 13.8. The van der Waals surface area contributed by atoms with Gasteiger partial charge in [-0.05, 0) is 48.4 Å². The Kier molecular flexibility index (Phi) is 8.08. The average molecular weight is 400 g/mol. The maximum atomic E-state index is 5.57. The minimum atomic E-state index is -0.00801. The first-order valence-corrected chi connectivity index (χ1v) is 10.2. The van der Waals surface area contributed by atoms with Gasteiger partial charge in [0.05, 0.1) is 26.4 Å². The summed E-state index contributed by atoms with van der Waals surface area (Å²) in [7, 11) is 1.68. The summed E-state index contributed by atoms with van der Waals surface area (Å²) in [5, 5.41) is 7.50. The number of methoxy groups -OCH3 is 1. The van der Waals surface area contributed by atoms with Crippen LogP contribution >= 0.6 is 12.2 Å². The zero-order valence-corrected chi connectivity index (χ0v) is 17.2. The van der Waals surface area contributed by atoms with Gasteiger partial charge < -0.3 is 20.1 Å². The Labute approximate surface area is 173 Å². The topological polar surface area (TPSA) is 45.8 Å². The lowest BCUT2D eigenvalue weighted by Gasteiger charge is -2.26. The molecule has 0 saturated carbocycles. The minimum absolute atomic E-state index is 0.00801. The molecule has 1 fully saturated rings. The molecule has 0 aromatic heterocycles. The van der Waals surface area contributed by atoms with Crippen molar-refractivity contribution in [3.05, 3.63) is 65.7 Å². The van der Waals surface area contributed by atoms with E-state index in [0.29, 0.717) is 5.11 Å². The molecule has 1 aliphatic heterocycles. The summed E-state index contributed by atoms with van der Waals surface area (Å²) < 4.78 is 10.7. The lowest BCUT2D eigenvalue weighted by Crippen LogP contribution is -2.41. The fourth-order valence-electron chi connectivity index (χ4n) is 3.31. The Balaban J connectivity index is 1.55. The molecule has 2 N–H and O–H groups in total. The number of nitrogens with one attached hydrogen (secondary N) is 2. The van der Waals surface area contributed by atoms with E-state index in [2.05, 4.69) is 39.8 Å². The van der Waals surface area contributed by atoms with Gasteiger partial charge >= 0.3 is 0 Å². The monoisotopic (exact) mass is 399 g/mol. The Morgan fingerprint density at radius 2 is 1.75 bits per heavy atom. The van der Waals surface area contributed by atoms with Gasteiger partial charge in [-0.25, -0.2) is 0 Å². The van der Waals surface area contributed by atoms with Crippen molar-refractivity contribution >= 4 is 17.3 Å². The summed E-state index contributed by atoms with van der Waals surface area (Å²) in [5.41, 5.74) is 2.31. The number of ether oxygens (including phenoxy) is 2. The third-order valence-electron chi connectivity index (χ3n) is 4.90. The van der Waals surface area contributed by atoms with Gasteiger partial charge in [0.1, 0.15) is 5.75 Å². The van der Waals surface area contributed by atoms with Gasteiger partial charge in [0, 0.05) is 19.6 Å². The van der Waals surface area contributed by atoms with E-state index in [9.17, 15) is 0 Å². The smallest absolute Gasteiger partial charge is 0.167 e. The van der Waals surface area contributed by atoms with Gasteiger partial charge in [-0.3, -0.25) is 4.90 Å². The summed E-state index contributed by atoms with van der Waals surface area (Å²) in [5.74, 6) is 0.847. The van der Waals surface area contributed by atoms with Gasteiger partial charge in [-0.15, -0.1) is 0 Å². The highest BCUT2D eigenvalue weighted by Gasteiger charge is 2.15. The van der Waals surface area contributed by atoms with E-state index in [1.54, 1.807) is 7.11 Å². The van der Waals surface area contributed by atoms with E-state index in [4.69, 9.17) is 21.7 Å². The number of thiocarbonyl (C=S) groups is 1. The quantitative estimate of drug-likeness (QED) is 0.526. The molecule has 0 aliphatic carbocycles. The van der Waals surface area contributed by atoms with Gasteiger partial charge in [0.2, 0.25) is 0 Å². The number of nitrogens with zero attached hydrogens (tertiary/aromatic N) is 1. The summed E-state index contributed by atoms with van der Waals surface area (Å²) in [6, 6.07) is 18.4. The normalized spacial score (nSPS) is 15.6. The van der Waals surface area contributed by atoms with Crippen molar-refractivity contribution in [2.75, 3.05) is 46.5 Å². The average Bonchev–Trinajstić information content (AvgIpc) is 2.76. The molecule has 6 heteroatoms. The van der Waals surface area contributed by atoms with Gasteiger partial charge in [-0.2, -0.15) is 0 Å². The highest BCUT2D eigenvalue weighted by Crippen LogP contribution is 2.24. The molecule has 1 atom stereocenters. The lowest BCUT2D eigenvalue weighted by atomic mass is 9.99. The molecule has 1 aliphatic rings. The maximum Gasteiger partial charge on any atom is 0.167 e. The van der Waals surface area contributed by atoms with Crippen molar-refractivity contribution in [1.82, 2.24) is 15.5 Å². The Hall–Kier alpha value is -2.15. The van der Waals surface area contributed by atoms with Crippen LogP contribution < -0.4 is 15.4 Å². The summed E-state index contributed by atoms with van der Waals surface area (Å²) in [6.07, 6.45) is 1.06. The molecule has 1 heterocycles. The standard InChI is InChI=1S/C22H29N3O2S/c1-26-20-10-8-19(9-11-20)21(18-6-3-2-4-7-18)24-22(28)23-12-5-13-25-14-16-27-17-15-25/h2-4,6-11,21H,5,12-17H2,1H3,(H2,23,24,28)/t21-/m1/s1. The number of rotatable bonds is 8. The van der Waals surface area contributed by atoms with E-state index in [-0.39, 0.29) is 6.04 Å². The first-order valence-electron chi connectivity index (χ1n) is 9.79. The third-order valence-corrected chi connectivity index (χ3v) is 5.16. The molecule has 2 aromatic rings. The van der Waals surface area contributed by atoms with Crippen LogP contribution in [-0.4, -0.2) is 56.5 Å². The predicted molar refractivity (Wildman–Crippen MR) is 117 cm³/mol. The van der Waals surface area contributed by atoms with Crippen molar-refractivity contribution in [2.24, 2.45) is 0 Å². The maximum absolute atomic E-state index is 5.57. The molecule has 0 amide bonds. The molecular weight excluding hydrogens is 370 g/mol. The molecule has 3 rings (SSSR count). The molecule has 0 unspecified atom stereocenters. The summed E-state index contributed by atoms with van der Waals surface area (Å²) in [6.45, 7) is 5.65. The van der Waals surface area contributed by atoms with Crippen molar-refractivity contribution < 1.29 is 9.47 Å². The van der Waals surface area contributed by atoms with E-state index >= 15 is 0 Å². The first kappa shape index (κ1) is 20.6. The number of benzene rings is 2. The van der Waals surface area contributed by atoms with Crippen LogP contribution in [0.2, 0.25) is 0 Å². The van der Waals surface area contributed by atoms with Crippen molar-refractivity contribution in [3.63, 3.8) is 0 Å². The van der Waals surface area contributed by atoms with Crippen LogP contribution in [0.4, 0.5) is 0 Å². The highest BCUT2D eigenvalue weighted by molar-refractivity contribution is 7.80. The van der Waals surface area contributed by atoms with E-state index < -0.39 is 0 Å². The fourth-order valence-corrected chi connectivity index (χ4v) is 3.53. The largest absolute Gasteiger partial charge is 0.497 e. The zero-order valence-electron chi connectivity index (χ0n) is 16.4. The van der Waals surface area contributed by atoms with E-state index in [1.165, 1.54) is 5.56 Å². The molecule has 1 saturated heterocycles. The van der Waals surface area contributed by atoms with Gasteiger partial charge in [-0.1, -0.05) is 42.5 Å². The number of hydrogen-bond donors (Lipinski definition) is 2. The molecule has 2 aromatic carbocycles. The zero-order chi connectivity index (χ0) is 19.6. The second kappa shape index (κ2) is 11.0. The van der Waals surface area contributed by atoms with E-state index in [0.717, 1.165) is 57.1 Å². The van der Waals surface area contributed by atoms with Crippen molar-refractivity contribution in [3.8, 4) is 5.75 Å². The van der Waals surface area contributed by atoms with Crippen LogP contribution in [-0.2, 0) is 4.74 Å². The van der Waals surface area contributed by atoms with Crippen LogP contribution in [0.5, 0.6) is 5.75 Å². The number of morpholine rings is 1. The molecule has 28 heavy (non-hydrogen) atoms. The summed E-state index contributed by atoms with van der Waals surface area (Å²) >= 11 is 5.57. The van der Waals surface area contributed by atoms with Gasteiger partial charge in [0.15, 0.2) is 5.11 Å². The summed E-state index contributed by atoms with van der Waals surface area (Å²) in [4.78, 5) is 2.44. The molecule has 150 valence electrons. The Morgan fingerprint density at radius 3 is 2.43 bits per heavy atom. The third kappa shape index (κ3) is 6.19.